The molecule has 1 aromatic carbocycles. The van der Waals surface area contributed by atoms with E-state index < -0.39 is 17.2 Å². The molecule has 0 unspecified atom stereocenters. The van der Waals surface area contributed by atoms with Gasteiger partial charge in [0.2, 0.25) is 0 Å². The maximum atomic E-state index is 13.8. The monoisotopic (exact) mass is 323 g/mol. The molecule has 1 aromatic heterocycles. The second-order valence-electron chi connectivity index (χ2n) is 5.60. The van der Waals surface area contributed by atoms with E-state index in [1.165, 1.54) is 36.4 Å². The van der Waals surface area contributed by atoms with E-state index >= 15 is 0 Å². The van der Waals surface area contributed by atoms with Gasteiger partial charge in [0.25, 0.3) is 5.88 Å². The fourth-order valence-corrected chi connectivity index (χ4v) is 1.69. The average Bonchev–Trinajstić information content (AvgIpc) is 2.52. The second-order valence-corrected chi connectivity index (χ2v) is 5.60. The normalized spacial score (nSPS) is 11.5. The lowest BCUT2D eigenvalue weighted by molar-refractivity contribution is -0.0560. The van der Waals surface area contributed by atoms with Crippen LogP contribution in [0.3, 0.4) is 0 Å². The fourth-order valence-electron chi connectivity index (χ4n) is 1.69. The molecule has 2 aromatic rings. The summed E-state index contributed by atoms with van der Waals surface area (Å²) >= 11 is 0. The molecule has 0 radical (unpaired) electrons. The number of aromatic nitrogens is 1. The van der Waals surface area contributed by atoms with Crippen LogP contribution in [0.25, 0.3) is 0 Å². The smallest absolute Gasteiger partial charge is 0.256 e. The maximum absolute atomic E-state index is 13.8. The predicted octanol–water partition coefficient (Wildman–Crippen LogP) is 4.09. The fraction of sp³-hybridized carbons (Fsp3) is 0.353. The summed E-state index contributed by atoms with van der Waals surface area (Å²) in [6, 6.07) is 8.04. The molecule has 0 aliphatic carbocycles. The third-order valence-electron chi connectivity index (χ3n) is 3.15. The lowest BCUT2D eigenvalue weighted by Crippen LogP contribution is -2.29. The summed E-state index contributed by atoms with van der Waals surface area (Å²) in [5.74, 6) is -0.871. The molecule has 0 spiro atoms. The van der Waals surface area contributed by atoms with Crippen LogP contribution < -0.4 is 4.74 Å². The van der Waals surface area contributed by atoms with Gasteiger partial charge in [-0.1, -0.05) is 0 Å². The van der Waals surface area contributed by atoms with Crippen LogP contribution in [0.5, 0.6) is 11.6 Å². The third-order valence-corrected chi connectivity index (χ3v) is 3.15. The van der Waals surface area contributed by atoms with Crippen LogP contribution in [0, 0.1) is 11.6 Å². The van der Waals surface area contributed by atoms with E-state index in [-0.39, 0.29) is 12.5 Å². The highest BCUT2D eigenvalue weighted by Gasteiger charge is 2.17. The zero-order chi connectivity index (χ0) is 16.9. The third kappa shape index (κ3) is 5.26. The number of nitrogens with zero attached hydrogens (tertiary/aromatic N) is 1. The Kier molecular flexibility index (Phi) is 5.63. The molecule has 0 aliphatic rings. The minimum atomic E-state index is -0.602. The highest BCUT2D eigenvalue weighted by molar-refractivity contribution is 5.28. The van der Waals surface area contributed by atoms with Crippen molar-refractivity contribution in [3.05, 3.63) is 53.7 Å². The first kappa shape index (κ1) is 17.3. The van der Waals surface area contributed by atoms with E-state index in [1.54, 1.807) is 7.11 Å². The minimum absolute atomic E-state index is 0.177. The highest BCUT2D eigenvalue weighted by atomic mass is 19.1. The standard InChI is InChI=1S/C17H19F2NO3/c1-17(2,21-3)11-22-10-13-6-9-15(19)16(20-13)23-14-7-4-12(18)5-8-14/h4-9H,10-11H2,1-3H3. The summed E-state index contributed by atoms with van der Waals surface area (Å²) < 4.78 is 42.7. The van der Waals surface area contributed by atoms with Gasteiger partial charge in [0.05, 0.1) is 24.5 Å². The molecule has 0 saturated carbocycles. The molecule has 1 heterocycles. The van der Waals surface area contributed by atoms with Crippen LogP contribution in [0.15, 0.2) is 36.4 Å². The summed E-state index contributed by atoms with van der Waals surface area (Å²) in [4.78, 5) is 4.08. The highest BCUT2D eigenvalue weighted by Crippen LogP contribution is 2.23. The van der Waals surface area contributed by atoms with Crippen molar-refractivity contribution < 1.29 is 23.0 Å². The maximum Gasteiger partial charge on any atom is 0.256 e. The number of halogens is 2. The second kappa shape index (κ2) is 7.48. The first-order valence-corrected chi connectivity index (χ1v) is 7.11. The first-order chi connectivity index (χ1) is 10.9. The predicted molar refractivity (Wildman–Crippen MR) is 81.4 cm³/mol. The van der Waals surface area contributed by atoms with E-state index in [0.717, 1.165) is 0 Å². The molecule has 0 fully saturated rings. The number of hydrogen-bond acceptors (Lipinski definition) is 4. The Morgan fingerprint density at radius 2 is 1.74 bits per heavy atom. The number of rotatable bonds is 7. The Morgan fingerprint density at radius 3 is 2.39 bits per heavy atom. The van der Waals surface area contributed by atoms with Gasteiger partial charge >= 0.3 is 0 Å². The van der Waals surface area contributed by atoms with Crippen LogP contribution in [0.2, 0.25) is 0 Å². The van der Waals surface area contributed by atoms with Crippen LogP contribution in [0.4, 0.5) is 8.78 Å². The molecule has 4 nitrogen and oxygen atoms in total. The molecule has 0 amide bonds. The summed E-state index contributed by atoms with van der Waals surface area (Å²) in [7, 11) is 1.61. The molecular weight excluding hydrogens is 304 g/mol. The van der Waals surface area contributed by atoms with Gasteiger partial charge in [-0.2, -0.15) is 0 Å². The SMILES string of the molecule is COC(C)(C)COCc1ccc(F)c(Oc2ccc(F)cc2)n1. The van der Waals surface area contributed by atoms with Crippen molar-refractivity contribution in [3.63, 3.8) is 0 Å². The zero-order valence-corrected chi connectivity index (χ0v) is 13.3. The zero-order valence-electron chi connectivity index (χ0n) is 13.3. The van der Waals surface area contributed by atoms with Gasteiger partial charge in [0.1, 0.15) is 11.6 Å². The van der Waals surface area contributed by atoms with Crippen LogP contribution in [0.1, 0.15) is 19.5 Å². The lowest BCUT2D eigenvalue weighted by atomic mass is 10.1. The van der Waals surface area contributed by atoms with Gasteiger partial charge in [-0.3, -0.25) is 0 Å². The minimum Gasteiger partial charge on any atom is -0.436 e. The molecule has 2 rings (SSSR count). The van der Waals surface area contributed by atoms with E-state index in [4.69, 9.17) is 14.2 Å². The largest absolute Gasteiger partial charge is 0.436 e. The van der Waals surface area contributed by atoms with Crippen molar-refractivity contribution in [1.29, 1.82) is 0 Å². The molecule has 0 aliphatic heterocycles. The Morgan fingerprint density at radius 1 is 1.04 bits per heavy atom. The Balaban J connectivity index is 2.02. The number of methoxy groups -OCH3 is 1. The summed E-state index contributed by atoms with van der Waals surface area (Å²) in [6.07, 6.45) is 0. The number of benzene rings is 1. The van der Waals surface area contributed by atoms with Crippen molar-refractivity contribution in [2.24, 2.45) is 0 Å². The number of hydrogen-bond donors (Lipinski definition) is 0. The van der Waals surface area contributed by atoms with Crippen LogP contribution in [-0.4, -0.2) is 24.3 Å². The summed E-state index contributed by atoms with van der Waals surface area (Å²) in [5.41, 5.74) is 0.114. The van der Waals surface area contributed by atoms with E-state index in [1.807, 2.05) is 13.8 Å². The molecular formula is C17H19F2NO3. The Hall–Kier alpha value is -2.05. The van der Waals surface area contributed by atoms with Gasteiger partial charge in [0, 0.05) is 7.11 Å². The van der Waals surface area contributed by atoms with Crippen molar-refractivity contribution >= 4 is 0 Å². The van der Waals surface area contributed by atoms with Gasteiger partial charge < -0.3 is 14.2 Å². The van der Waals surface area contributed by atoms with Crippen molar-refractivity contribution in [3.8, 4) is 11.6 Å². The Labute approximate surface area is 134 Å². The molecule has 0 saturated heterocycles. The van der Waals surface area contributed by atoms with E-state index in [0.29, 0.717) is 18.1 Å². The molecule has 23 heavy (non-hydrogen) atoms. The van der Waals surface area contributed by atoms with Gasteiger partial charge in [-0.25, -0.2) is 13.8 Å². The average molecular weight is 323 g/mol. The van der Waals surface area contributed by atoms with Gasteiger partial charge in [0.15, 0.2) is 5.82 Å². The van der Waals surface area contributed by atoms with Gasteiger partial charge in [-0.15, -0.1) is 0 Å². The lowest BCUT2D eigenvalue weighted by Gasteiger charge is -2.22. The summed E-state index contributed by atoms with van der Waals surface area (Å²) in [6.45, 7) is 4.37. The molecule has 0 N–H and O–H groups in total. The van der Waals surface area contributed by atoms with Crippen molar-refractivity contribution in [1.82, 2.24) is 4.98 Å². The Bertz CT molecular complexity index is 645. The van der Waals surface area contributed by atoms with Gasteiger partial charge in [-0.05, 0) is 50.2 Å². The van der Waals surface area contributed by atoms with E-state index in [9.17, 15) is 8.78 Å². The van der Waals surface area contributed by atoms with Crippen LogP contribution >= 0.6 is 0 Å². The first-order valence-electron chi connectivity index (χ1n) is 7.11. The molecule has 0 atom stereocenters. The van der Waals surface area contributed by atoms with E-state index in [2.05, 4.69) is 4.98 Å². The van der Waals surface area contributed by atoms with Crippen molar-refractivity contribution in [2.75, 3.05) is 13.7 Å². The molecule has 124 valence electrons. The van der Waals surface area contributed by atoms with Crippen LogP contribution in [-0.2, 0) is 16.1 Å². The van der Waals surface area contributed by atoms with Crippen molar-refractivity contribution in [2.45, 2.75) is 26.1 Å². The molecule has 0 bridgehead atoms. The quantitative estimate of drug-likeness (QED) is 0.769. The number of pyridine rings is 1. The topological polar surface area (TPSA) is 40.6 Å². The molecule has 6 heteroatoms. The summed E-state index contributed by atoms with van der Waals surface area (Å²) in [5, 5.41) is 0. The number of ether oxygens (including phenoxy) is 3.